The van der Waals surface area contributed by atoms with Gasteiger partial charge in [-0.3, -0.25) is 9.97 Å². The van der Waals surface area contributed by atoms with Crippen LogP contribution in [0.2, 0.25) is 10.0 Å². The van der Waals surface area contributed by atoms with Gasteiger partial charge in [-0.1, -0.05) is 42.3 Å². The maximum Gasteiger partial charge on any atom is 0.0802 e. The molecule has 3 nitrogen and oxygen atoms in total. The smallest absolute Gasteiger partial charge is 0.0802 e. The second-order valence-electron chi connectivity index (χ2n) is 4.61. The summed E-state index contributed by atoms with van der Waals surface area (Å²) in [6.45, 7) is 4.89. The van der Waals surface area contributed by atoms with Crippen LogP contribution >= 0.6 is 23.2 Å². The van der Waals surface area contributed by atoms with E-state index in [1.807, 2.05) is 19.1 Å². The van der Waals surface area contributed by atoms with Gasteiger partial charge in [0.05, 0.1) is 33.7 Å². The van der Waals surface area contributed by atoms with Crippen molar-refractivity contribution in [2.24, 2.45) is 0 Å². The van der Waals surface area contributed by atoms with Crippen LogP contribution in [-0.2, 0) is 0 Å². The van der Waals surface area contributed by atoms with Gasteiger partial charge >= 0.3 is 0 Å². The lowest BCUT2D eigenvalue weighted by molar-refractivity contribution is 0.584. The highest BCUT2D eigenvalue weighted by molar-refractivity contribution is 6.42. The van der Waals surface area contributed by atoms with E-state index in [-0.39, 0.29) is 6.04 Å². The highest BCUT2D eigenvalue weighted by Gasteiger charge is 2.19. The topological polar surface area (TPSA) is 37.8 Å². The first-order valence-electron chi connectivity index (χ1n) is 6.59. The number of benzene rings is 1. The number of hydrogen-bond donors (Lipinski definition) is 1. The van der Waals surface area contributed by atoms with E-state index in [0.29, 0.717) is 10.0 Å². The molecule has 1 aromatic carbocycles. The minimum absolute atomic E-state index is 0.103. The van der Waals surface area contributed by atoms with Crippen LogP contribution in [-0.4, -0.2) is 16.5 Å². The molecule has 0 aliphatic heterocycles. The van der Waals surface area contributed by atoms with Crippen LogP contribution < -0.4 is 5.32 Å². The van der Waals surface area contributed by atoms with Crippen LogP contribution in [0.4, 0.5) is 0 Å². The van der Waals surface area contributed by atoms with Gasteiger partial charge in [0.15, 0.2) is 0 Å². The van der Waals surface area contributed by atoms with Crippen LogP contribution in [0.15, 0.2) is 30.6 Å². The van der Waals surface area contributed by atoms with Crippen molar-refractivity contribution >= 4 is 23.2 Å². The van der Waals surface area contributed by atoms with E-state index in [2.05, 4.69) is 22.2 Å². The van der Waals surface area contributed by atoms with Gasteiger partial charge in [-0.2, -0.15) is 0 Å². The fourth-order valence-corrected chi connectivity index (χ4v) is 2.37. The number of nitrogens with zero attached hydrogens (tertiary/aromatic N) is 2. The molecule has 0 aliphatic carbocycles. The molecule has 2 rings (SSSR count). The summed E-state index contributed by atoms with van der Waals surface area (Å²) in [6.07, 6.45) is 4.56. The number of halogens is 2. The third-order valence-corrected chi connectivity index (χ3v) is 3.82. The molecule has 0 amide bonds. The molecule has 1 unspecified atom stereocenters. The van der Waals surface area contributed by atoms with Crippen molar-refractivity contribution in [3.8, 4) is 0 Å². The van der Waals surface area contributed by atoms with Crippen molar-refractivity contribution in [1.82, 2.24) is 15.3 Å². The van der Waals surface area contributed by atoms with Gasteiger partial charge in [0.1, 0.15) is 0 Å². The van der Waals surface area contributed by atoms with Gasteiger partial charge < -0.3 is 5.32 Å². The van der Waals surface area contributed by atoms with Gasteiger partial charge in [-0.15, -0.1) is 0 Å². The fourth-order valence-electron chi connectivity index (χ4n) is 1.96. The molecule has 1 heterocycles. The van der Waals surface area contributed by atoms with Crippen molar-refractivity contribution in [2.45, 2.75) is 26.3 Å². The Morgan fingerprint density at radius 2 is 2.00 bits per heavy atom. The summed E-state index contributed by atoms with van der Waals surface area (Å²) in [5.41, 5.74) is 2.65. The third-order valence-electron chi connectivity index (χ3n) is 2.99. The third kappa shape index (κ3) is 3.48. The van der Waals surface area contributed by atoms with Crippen molar-refractivity contribution in [3.05, 3.63) is 57.6 Å². The van der Waals surface area contributed by atoms with E-state index in [4.69, 9.17) is 23.2 Å². The highest BCUT2D eigenvalue weighted by atomic mass is 35.5. The first-order valence-corrected chi connectivity index (χ1v) is 7.35. The predicted molar refractivity (Wildman–Crippen MR) is 83.4 cm³/mol. The molecule has 0 spiro atoms. The van der Waals surface area contributed by atoms with Crippen LogP contribution in [0.25, 0.3) is 0 Å². The van der Waals surface area contributed by atoms with Crippen LogP contribution in [0.1, 0.15) is 36.3 Å². The Balaban J connectivity index is 2.41. The van der Waals surface area contributed by atoms with Crippen LogP contribution in [0, 0.1) is 6.92 Å². The molecule has 1 N–H and O–H groups in total. The van der Waals surface area contributed by atoms with Gasteiger partial charge in [0, 0.05) is 6.20 Å². The van der Waals surface area contributed by atoms with E-state index < -0.39 is 0 Å². The molecule has 2 aromatic rings. The van der Waals surface area contributed by atoms with Gasteiger partial charge in [-0.25, -0.2) is 0 Å². The molecular weight excluding hydrogens is 293 g/mol. The largest absolute Gasteiger partial charge is 0.305 e. The van der Waals surface area contributed by atoms with E-state index in [1.54, 1.807) is 18.5 Å². The Morgan fingerprint density at radius 3 is 2.65 bits per heavy atom. The number of rotatable bonds is 5. The zero-order valence-electron chi connectivity index (χ0n) is 11.5. The van der Waals surface area contributed by atoms with Crippen molar-refractivity contribution < 1.29 is 0 Å². The summed E-state index contributed by atoms with van der Waals surface area (Å²) in [6, 6.07) is 5.54. The van der Waals surface area contributed by atoms with Crippen molar-refractivity contribution in [3.63, 3.8) is 0 Å². The molecule has 0 saturated carbocycles. The highest BCUT2D eigenvalue weighted by Crippen LogP contribution is 2.32. The zero-order valence-corrected chi connectivity index (χ0v) is 13.0. The van der Waals surface area contributed by atoms with E-state index in [9.17, 15) is 0 Å². The minimum atomic E-state index is -0.103. The Labute approximate surface area is 129 Å². The molecule has 0 aliphatic rings. The molecule has 0 saturated heterocycles. The number of nitrogens with one attached hydrogen (secondary N) is 1. The molecule has 0 fully saturated rings. The van der Waals surface area contributed by atoms with Gasteiger partial charge in [0.2, 0.25) is 0 Å². The molecular formula is C15H17Cl2N3. The Kier molecular flexibility index (Phi) is 5.35. The van der Waals surface area contributed by atoms with Crippen molar-refractivity contribution in [1.29, 1.82) is 0 Å². The first-order chi connectivity index (χ1) is 9.63. The van der Waals surface area contributed by atoms with Gasteiger partial charge in [-0.05, 0) is 31.5 Å². The number of aryl methyl sites for hydroxylation is 1. The summed E-state index contributed by atoms with van der Waals surface area (Å²) in [5, 5.41) is 4.55. The minimum Gasteiger partial charge on any atom is -0.305 e. The molecule has 0 bridgehead atoms. The first kappa shape index (κ1) is 15.2. The number of hydrogen-bond acceptors (Lipinski definition) is 3. The fraction of sp³-hybridized carbons (Fsp3) is 0.333. The predicted octanol–water partition coefficient (Wildman–Crippen LogP) is 4.18. The Bertz CT molecular complexity index is 570. The molecule has 20 heavy (non-hydrogen) atoms. The average molecular weight is 310 g/mol. The summed E-state index contributed by atoms with van der Waals surface area (Å²) in [5.74, 6) is 0. The molecule has 106 valence electrons. The van der Waals surface area contributed by atoms with Crippen molar-refractivity contribution in [2.75, 3.05) is 6.54 Å². The summed E-state index contributed by atoms with van der Waals surface area (Å²) in [4.78, 5) is 8.76. The molecule has 0 radical (unpaired) electrons. The molecule has 1 aromatic heterocycles. The van der Waals surface area contributed by atoms with E-state index >= 15 is 0 Å². The maximum absolute atomic E-state index is 6.33. The quantitative estimate of drug-likeness (QED) is 0.900. The lowest BCUT2D eigenvalue weighted by Gasteiger charge is -2.20. The van der Waals surface area contributed by atoms with Crippen LogP contribution in [0.3, 0.4) is 0 Å². The lowest BCUT2D eigenvalue weighted by Crippen LogP contribution is -2.24. The Hall–Kier alpha value is -1.16. The summed E-state index contributed by atoms with van der Waals surface area (Å²) in [7, 11) is 0. The zero-order chi connectivity index (χ0) is 14.5. The number of aromatic nitrogens is 2. The second kappa shape index (κ2) is 7.02. The molecule has 5 heteroatoms. The lowest BCUT2D eigenvalue weighted by atomic mass is 10.0. The van der Waals surface area contributed by atoms with Crippen LogP contribution in [0.5, 0.6) is 0 Å². The summed E-state index contributed by atoms with van der Waals surface area (Å²) < 4.78 is 0. The normalized spacial score (nSPS) is 12.4. The maximum atomic E-state index is 6.33. The monoisotopic (exact) mass is 309 g/mol. The SMILES string of the molecule is CCCNC(c1cnc(C)cn1)c1cccc(Cl)c1Cl. The summed E-state index contributed by atoms with van der Waals surface area (Å²) >= 11 is 12.4. The van der Waals surface area contributed by atoms with E-state index in [1.165, 1.54) is 0 Å². The van der Waals surface area contributed by atoms with E-state index in [0.717, 1.165) is 29.9 Å². The van der Waals surface area contributed by atoms with Gasteiger partial charge in [0.25, 0.3) is 0 Å². The molecule has 1 atom stereocenters. The standard InChI is InChI=1S/C15H17Cl2N3/c1-3-7-18-15(13-9-19-10(2)8-20-13)11-5-4-6-12(16)14(11)17/h4-6,8-9,15,18H,3,7H2,1-2H3. The second-order valence-corrected chi connectivity index (χ2v) is 5.40. The Morgan fingerprint density at radius 1 is 1.20 bits per heavy atom. The average Bonchev–Trinajstić information content (AvgIpc) is 2.45.